The van der Waals surface area contributed by atoms with Gasteiger partial charge in [-0.15, -0.1) is 0 Å². The van der Waals surface area contributed by atoms with Gasteiger partial charge in [0, 0.05) is 12.6 Å². The molecule has 0 aromatic carbocycles. The second kappa shape index (κ2) is 6.09. The predicted molar refractivity (Wildman–Crippen MR) is 74.0 cm³/mol. The number of carbonyl (C=O) groups excluding carboxylic acids is 1. The Morgan fingerprint density at radius 1 is 1.41 bits per heavy atom. The van der Waals surface area contributed by atoms with E-state index in [9.17, 15) is 23.1 Å². The topological polar surface area (TPSA) is 114 Å². The number of piperidine rings is 1. The van der Waals surface area contributed by atoms with Crippen molar-refractivity contribution in [1.29, 1.82) is 0 Å². The van der Waals surface area contributed by atoms with Gasteiger partial charge < -0.3 is 14.3 Å². The van der Waals surface area contributed by atoms with E-state index in [1.165, 1.54) is 14.0 Å². The molecule has 1 atom stereocenters. The molecule has 0 bridgehead atoms. The minimum absolute atomic E-state index is 0.00459. The van der Waals surface area contributed by atoms with Gasteiger partial charge >= 0.3 is 11.9 Å². The van der Waals surface area contributed by atoms with E-state index in [0.29, 0.717) is 12.8 Å². The van der Waals surface area contributed by atoms with Crippen LogP contribution in [-0.2, 0) is 19.6 Å². The predicted octanol–water partition coefficient (Wildman–Crippen LogP) is 1.00. The SMILES string of the molecule is COC(=O)c1cc(S(=O)(=O)N2CCCC[C@@H]2C(=O)O)oc1C. The Hall–Kier alpha value is -1.87. The monoisotopic (exact) mass is 331 g/mol. The molecule has 1 aliphatic rings. The summed E-state index contributed by atoms with van der Waals surface area (Å²) in [7, 11) is -2.95. The van der Waals surface area contributed by atoms with Crippen molar-refractivity contribution in [2.24, 2.45) is 0 Å². The number of carboxylic acid groups (broad SMARTS) is 1. The highest BCUT2D eigenvalue weighted by Crippen LogP contribution is 2.28. The van der Waals surface area contributed by atoms with Gasteiger partial charge in [-0.25, -0.2) is 13.2 Å². The van der Waals surface area contributed by atoms with Crippen molar-refractivity contribution in [1.82, 2.24) is 4.31 Å². The molecule has 1 aromatic rings. The highest BCUT2D eigenvalue weighted by Gasteiger charge is 2.39. The van der Waals surface area contributed by atoms with Gasteiger partial charge in [0.25, 0.3) is 10.0 Å². The van der Waals surface area contributed by atoms with Gasteiger partial charge in [0.15, 0.2) is 0 Å². The number of ether oxygens (including phenoxy) is 1. The number of carbonyl (C=O) groups is 2. The van der Waals surface area contributed by atoms with Crippen LogP contribution < -0.4 is 0 Å². The van der Waals surface area contributed by atoms with E-state index in [4.69, 9.17) is 4.42 Å². The zero-order valence-corrected chi connectivity index (χ0v) is 13.1. The minimum atomic E-state index is -4.12. The van der Waals surface area contributed by atoms with Crippen LogP contribution in [0.25, 0.3) is 0 Å². The molecule has 22 heavy (non-hydrogen) atoms. The molecule has 1 aromatic heterocycles. The fraction of sp³-hybridized carbons (Fsp3) is 0.538. The van der Waals surface area contributed by atoms with Gasteiger partial charge in [0.2, 0.25) is 5.09 Å². The van der Waals surface area contributed by atoms with Crippen LogP contribution in [0, 0.1) is 6.92 Å². The largest absolute Gasteiger partial charge is 0.480 e. The number of hydrogen-bond donors (Lipinski definition) is 1. The van der Waals surface area contributed by atoms with Crippen molar-refractivity contribution >= 4 is 22.0 Å². The molecule has 0 radical (unpaired) electrons. The van der Waals surface area contributed by atoms with Gasteiger partial charge in [-0.1, -0.05) is 0 Å². The number of carboxylic acids is 1. The Labute approximate surface area is 127 Å². The third kappa shape index (κ3) is 2.86. The third-order valence-corrected chi connectivity index (χ3v) is 5.37. The molecule has 1 aliphatic heterocycles. The first kappa shape index (κ1) is 16.5. The molecule has 0 unspecified atom stereocenters. The molecule has 0 aliphatic carbocycles. The van der Waals surface area contributed by atoms with Crippen LogP contribution in [0.2, 0.25) is 0 Å². The molecular formula is C13H17NO7S. The van der Waals surface area contributed by atoms with Crippen LogP contribution in [0.4, 0.5) is 0 Å². The first-order chi connectivity index (χ1) is 10.3. The van der Waals surface area contributed by atoms with Crippen LogP contribution in [0.5, 0.6) is 0 Å². The van der Waals surface area contributed by atoms with Crippen LogP contribution in [0.1, 0.15) is 35.4 Å². The lowest BCUT2D eigenvalue weighted by Gasteiger charge is -2.30. The molecule has 9 heteroatoms. The summed E-state index contributed by atoms with van der Waals surface area (Å²) >= 11 is 0. The summed E-state index contributed by atoms with van der Waals surface area (Å²) in [6, 6.07) is -0.0463. The molecule has 2 rings (SSSR count). The van der Waals surface area contributed by atoms with Gasteiger partial charge in [0.05, 0.1) is 7.11 Å². The number of methoxy groups -OCH3 is 1. The Morgan fingerprint density at radius 2 is 2.09 bits per heavy atom. The lowest BCUT2D eigenvalue weighted by atomic mass is 10.1. The Morgan fingerprint density at radius 3 is 2.68 bits per heavy atom. The molecule has 0 spiro atoms. The number of aliphatic carboxylic acids is 1. The fourth-order valence-corrected chi connectivity index (χ4v) is 4.08. The average Bonchev–Trinajstić information content (AvgIpc) is 2.89. The number of sulfonamides is 1. The van der Waals surface area contributed by atoms with Crippen LogP contribution in [0.15, 0.2) is 15.6 Å². The quantitative estimate of drug-likeness (QED) is 0.819. The number of aryl methyl sites for hydroxylation is 1. The maximum absolute atomic E-state index is 12.6. The smallest absolute Gasteiger partial charge is 0.341 e. The zero-order chi connectivity index (χ0) is 16.5. The molecule has 1 N–H and O–H groups in total. The molecule has 0 amide bonds. The van der Waals surface area contributed by atoms with E-state index in [-0.39, 0.29) is 24.3 Å². The minimum Gasteiger partial charge on any atom is -0.480 e. The number of furan rings is 1. The average molecular weight is 331 g/mol. The second-order valence-electron chi connectivity index (χ2n) is 4.99. The van der Waals surface area contributed by atoms with Crippen LogP contribution >= 0.6 is 0 Å². The molecule has 1 fully saturated rings. The number of rotatable bonds is 4. The molecule has 0 saturated carbocycles. The first-order valence-electron chi connectivity index (χ1n) is 6.72. The highest BCUT2D eigenvalue weighted by molar-refractivity contribution is 7.89. The third-order valence-electron chi connectivity index (χ3n) is 3.60. The van der Waals surface area contributed by atoms with Gasteiger partial charge in [-0.2, -0.15) is 4.31 Å². The summed E-state index contributed by atoms with van der Waals surface area (Å²) < 4.78 is 35.8. The number of hydrogen-bond acceptors (Lipinski definition) is 6. The maximum Gasteiger partial charge on any atom is 0.341 e. The zero-order valence-electron chi connectivity index (χ0n) is 12.2. The van der Waals surface area contributed by atoms with Gasteiger partial charge in [-0.3, -0.25) is 4.79 Å². The first-order valence-corrected chi connectivity index (χ1v) is 8.16. The van der Waals surface area contributed by atoms with E-state index in [2.05, 4.69) is 4.74 Å². The number of nitrogens with zero attached hydrogens (tertiary/aromatic N) is 1. The summed E-state index contributed by atoms with van der Waals surface area (Å²) in [6.07, 6.45) is 1.47. The molecule has 8 nitrogen and oxygen atoms in total. The van der Waals surface area contributed by atoms with Gasteiger partial charge in [-0.05, 0) is 26.2 Å². The van der Waals surface area contributed by atoms with Crippen LogP contribution in [0.3, 0.4) is 0 Å². The maximum atomic E-state index is 12.6. The van der Waals surface area contributed by atoms with Crippen molar-refractivity contribution in [3.8, 4) is 0 Å². The number of esters is 1. The standard InChI is InChI=1S/C13H17NO7S/c1-8-9(13(17)20-2)7-11(21-8)22(18,19)14-6-4-3-5-10(14)12(15)16/h7,10H,3-6H2,1-2H3,(H,15,16)/t10-/m1/s1. The van der Waals surface area contributed by atoms with Crippen molar-refractivity contribution < 1.29 is 32.3 Å². The van der Waals surface area contributed by atoms with Crippen molar-refractivity contribution in [2.75, 3.05) is 13.7 Å². The fourth-order valence-electron chi connectivity index (χ4n) is 2.45. The molecule has 122 valence electrons. The van der Waals surface area contributed by atoms with Crippen LogP contribution in [-0.4, -0.2) is 49.5 Å². The summed E-state index contributed by atoms with van der Waals surface area (Å²) in [6.45, 7) is 1.54. The lowest BCUT2D eigenvalue weighted by Crippen LogP contribution is -2.47. The van der Waals surface area contributed by atoms with E-state index < -0.39 is 33.1 Å². The highest BCUT2D eigenvalue weighted by atomic mass is 32.2. The molecule has 2 heterocycles. The van der Waals surface area contributed by atoms with E-state index in [1.807, 2.05) is 0 Å². The molecule has 1 saturated heterocycles. The van der Waals surface area contributed by atoms with E-state index in [0.717, 1.165) is 10.4 Å². The summed E-state index contributed by atoms with van der Waals surface area (Å²) in [4.78, 5) is 22.8. The summed E-state index contributed by atoms with van der Waals surface area (Å²) in [5, 5.41) is 8.75. The van der Waals surface area contributed by atoms with E-state index >= 15 is 0 Å². The summed E-state index contributed by atoms with van der Waals surface area (Å²) in [5.74, 6) is -1.80. The lowest BCUT2D eigenvalue weighted by molar-refractivity contribution is -0.142. The normalized spacial score (nSPS) is 19.8. The van der Waals surface area contributed by atoms with E-state index in [1.54, 1.807) is 0 Å². The summed E-state index contributed by atoms with van der Waals surface area (Å²) in [5.41, 5.74) is 0.00459. The Bertz CT molecular complexity index is 691. The second-order valence-corrected chi connectivity index (χ2v) is 6.81. The van der Waals surface area contributed by atoms with Crippen molar-refractivity contribution in [2.45, 2.75) is 37.3 Å². The van der Waals surface area contributed by atoms with Crippen molar-refractivity contribution in [3.63, 3.8) is 0 Å². The van der Waals surface area contributed by atoms with Gasteiger partial charge in [0.1, 0.15) is 17.4 Å². The van der Waals surface area contributed by atoms with Crippen molar-refractivity contribution in [3.05, 3.63) is 17.4 Å². The Balaban J connectivity index is 2.41. The Kier molecular flexibility index (Phi) is 4.57. The molecular weight excluding hydrogens is 314 g/mol.